The van der Waals surface area contributed by atoms with Gasteiger partial charge in [0.05, 0.1) is 10.9 Å². The molecular formula is C12H13ClN4OS. The van der Waals surface area contributed by atoms with E-state index in [-0.39, 0.29) is 5.92 Å². The van der Waals surface area contributed by atoms with Gasteiger partial charge in [-0.2, -0.15) is 16.7 Å². The number of hydrogen-bond acceptors (Lipinski definition) is 6. The first-order chi connectivity index (χ1) is 9.29. The highest BCUT2D eigenvalue weighted by molar-refractivity contribution is 7.99. The molecule has 1 aliphatic heterocycles. The summed E-state index contributed by atoms with van der Waals surface area (Å²) in [5.41, 5.74) is 0.561. The number of likely N-dealkylation sites (N-methyl/N-ethyl adjacent to an activating group) is 1. The molecule has 0 spiro atoms. The Hall–Kier alpha value is -1.11. The minimum absolute atomic E-state index is 0.249. The molecule has 0 bridgehead atoms. The van der Waals surface area contributed by atoms with Crippen molar-refractivity contribution in [2.75, 3.05) is 18.6 Å². The Morgan fingerprint density at radius 2 is 2.37 bits per heavy atom. The Balaban J connectivity index is 1.90. The van der Waals surface area contributed by atoms with Crippen LogP contribution >= 0.6 is 23.4 Å². The summed E-state index contributed by atoms with van der Waals surface area (Å²) in [4.78, 5) is 8.63. The van der Waals surface area contributed by atoms with Crippen LogP contribution in [-0.4, -0.2) is 39.7 Å². The predicted molar refractivity (Wildman–Crippen MR) is 75.5 cm³/mol. The molecule has 0 aromatic carbocycles. The minimum atomic E-state index is 0.249. The van der Waals surface area contributed by atoms with E-state index in [4.69, 9.17) is 16.1 Å². The van der Waals surface area contributed by atoms with E-state index in [0.717, 1.165) is 11.5 Å². The first kappa shape index (κ1) is 12.9. The lowest BCUT2D eigenvalue weighted by molar-refractivity contribution is 0.344. The summed E-state index contributed by atoms with van der Waals surface area (Å²) in [5.74, 6) is 3.40. The molecule has 0 aliphatic carbocycles. The number of aromatic nitrogens is 3. The number of thioether (sulfide) groups is 1. The first-order valence-electron chi connectivity index (χ1n) is 5.99. The molecular weight excluding hydrogens is 284 g/mol. The van der Waals surface area contributed by atoms with Crippen LogP contribution in [0.5, 0.6) is 0 Å². The summed E-state index contributed by atoms with van der Waals surface area (Å²) >= 11 is 7.97. The molecule has 0 amide bonds. The van der Waals surface area contributed by atoms with E-state index in [2.05, 4.69) is 20.4 Å². The lowest BCUT2D eigenvalue weighted by Crippen LogP contribution is -2.31. The Bertz CT molecular complexity index is 576. The molecule has 0 saturated carbocycles. The molecule has 3 heterocycles. The van der Waals surface area contributed by atoms with Crippen molar-refractivity contribution in [2.45, 2.75) is 12.0 Å². The van der Waals surface area contributed by atoms with E-state index in [1.807, 2.05) is 18.8 Å². The van der Waals surface area contributed by atoms with Gasteiger partial charge in [0.15, 0.2) is 0 Å². The van der Waals surface area contributed by atoms with Crippen LogP contribution in [0.2, 0.25) is 5.02 Å². The Morgan fingerprint density at radius 3 is 3.16 bits per heavy atom. The van der Waals surface area contributed by atoms with Gasteiger partial charge >= 0.3 is 0 Å². The van der Waals surface area contributed by atoms with Gasteiger partial charge in [0, 0.05) is 23.7 Å². The van der Waals surface area contributed by atoms with Crippen LogP contribution in [0, 0.1) is 0 Å². The summed E-state index contributed by atoms with van der Waals surface area (Å²) in [6.07, 6.45) is 1.67. The van der Waals surface area contributed by atoms with Crippen LogP contribution in [-0.2, 0) is 0 Å². The van der Waals surface area contributed by atoms with Crippen molar-refractivity contribution in [1.82, 2.24) is 20.4 Å². The van der Waals surface area contributed by atoms with Gasteiger partial charge in [-0.3, -0.25) is 4.98 Å². The van der Waals surface area contributed by atoms with Crippen molar-refractivity contribution < 1.29 is 4.52 Å². The van der Waals surface area contributed by atoms with Gasteiger partial charge in [-0.15, -0.1) is 0 Å². The Morgan fingerprint density at radius 1 is 1.47 bits per heavy atom. The molecule has 2 unspecified atom stereocenters. The van der Waals surface area contributed by atoms with Crippen molar-refractivity contribution in [3.63, 3.8) is 0 Å². The normalized spacial score (nSPS) is 22.8. The smallest absolute Gasteiger partial charge is 0.232 e. The third-order valence-electron chi connectivity index (χ3n) is 3.18. The van der Waals surface area contributed by atoms with Gasteiger partial charge in [-0.05, 0) is 19.2 Å². The van der Waals surface area contributed by atoms with Crippen molar-refractivity contribution >= 4 is 23.4 Å². The minimum Gasteiger partial charge on any atom is -0.339 e. The fourth-order valence-electron chi connectivity index (χ4n) is 2.11. The van der Waals surface area contributed by atoms with Crippen molar-refractivity contribution in [3.05, 3.63) is 29.2 Å². The van der Waals surface area contributed by atoms with Gasteiger partial charge < -0.3 is 9.84 Å². The second-order valence-electron chi connectivity index (χ2n) is 4.33. The maximum Gasteiger partial charge on any atom is 0.232 e. The van der Waals surface area contributed by atoms with Crippen molar-refractivity contribution in [1.29, 1.82) is 0 Å². The van der Waals surface area contributed by atoms with Crippen LogP contribution in [0.4, 0.5) is 0 Å². The quantitative estimate of drug-likeness (QED) is 0.937. The SMILES string of the molecule is CNC1CSCC1c1nc(-c2ncccc2Cl)no1. The van der Waals surface area contributed by atoms with Crippen LogP contribution in [0.1, 0.15) is 11.8 Å². The predicted octanol–water partition coefficient (Wildman–Crippen LogP) is 2.20. The monoisotopic (exact) mass is 296 g/mol. The third kappa shape index (κ3) is 2.48. The lowest BCUT2D eigenvalue weighted by Gasteiger charge is -2.13. The number of pyridine rings is 1. The molecule has 0 radical (unpaired) electrons. The molecule has 1 fully saturated rings. The van der Waals surface area contributed by atoms with Crippen LogP contribution in [0.25, 0.3) is 11.5 Å². The van der Waals surface area contributed by atoms with E-state index >= 15 is 0 Å². The topological polar surface area (TPSA) is 63.8 Å². The zero-order valence-electron chi connectivity index (χ0n) is 10.3. The summed E-state index contributed by atoms with van der Waals surface area (Å²) in [6, 6.07) is 3.91. The molecule has 1 saturated heterocycles. The standard InChI is InChI=1S/C12H13ClN4OS/c1-14-9-6-19-5-7(9)12-16-11(17-18-12)10-8(13)3-2-4-15-10/h2-4,7,9,14H,5-6H2,1H3. The average Bonchev–Trinajstić information content (AvgIpc) is 3.07. The molecule has 3 rings (SSSR count). The Labute approximate surface area is 120 Å². The molecule has 1 N–H and O–H groups in total. The van der Waals surface area contributed by atoms with Crippen molar-refractivity contribution in [2.24, 2.45) is 0 Å². The molecule has 1 aliphatic rings. The summed E-state index contributed by atoms with van der Waals surface area (Å²) in [6.45, 7) is 0. The molecule has 7 heteroatoms. The average molecular weight is 297 g/mol. The van der Waals surface area contributed by atoms with E-state index in [1.54, 1.807) is 18.3 Å². The first-order valence-corrected chi connectivity index (χ1v) is 7.52. The van der Waals surface area contributed by atoms with Gasteiger partial charge in [-0.25, -0.2) is 0 Å². The van der Waals surface area contributed by atoms with E-state index < -0.39 is 0 Å². The number of halogens is 1. The molecule has 5 nitrogen and oxygen atoms in total. The van der Waals surface area contributed by atoms with Crippen LogP contribution in [0.3, 0.4) is 0 Å². The molecule has 100 valence electrons. The number of nitrogens with zero attached hydrogens (tertiary/aromatic N) is 3. The largest absolute Gasteiger partial charge is 0.339 e. The molecule has 2 aromatic heterocycles. The molecule has 19 heavy (non-hydrogen) atoms. The van der Waals surface area contributed by atoms with E-state index in [0.29, 0.717) is 28.5 Å². The number of hydrogen-bond donors (Lipinski definition) is 1. The maximum atomic E-state index is 6.08. The summed E-state index contributed by atoms with van der Waals surface area (Å²) in [7, 11) is 1.95. The van der Waals surface area contributed by atoms with Crippen LogP contribution in [0.15, 0.2) is 22.9 Å². The van der Waals surface area contributed by atoms with Crippen LogP contribution < -0.4 is 5.32 Å². The summed E-state index contributed by atoms with van der Waals surface area (Å²) in [5, 5.41) is 7.80. The van der Waals surface area contributed by atoms with Gasteiger partial charge in [0.2, 0.25) is 11.7 Å². The number of nitrogens with one attached hydrogen (secondary N) is 1. The van der Waals surface area contributed by atoms with E-state index in [1.165, 1.54) is 0 Å². The maximum absolute atomic E-state index is 6.08. The van der Waals surface area contributed by atoms with Gasteiger partial charge in [-0.1, -0.05) is 16.8 Å². The molecule has 2 atom stereocenters. The summed E-state index contributed by atoms with van der Waals surface area (Å²) < 4.78 is 5.38. The lowest BCUT2D eigenvalue weighted by atomic mass is 10.0. The van der Waals surface area contributed by atoms with E-state index in [9.17, 15) is 0 Å². The second kappa shape index (κ2) is 5.48. The highest BCUT2D eigenvalue weighted by atomic mass is 35.5. The second-order valence-corrected chi connectivity index (χ2v) is 5.81. The number of rotatable bonds is 3. The van der Waals surface area contributed by atoms with Gasteiger partial charge in [0.1, 0.15) is 5.69 Å². The van der Waals surface area contributed by atoms with Gasteiger partial charge in [0.25, 0.3) is 0 Å². The molecule has 2 aromatic rings. The third-order valence-corrected chi connectivity index (χ3v) is 4.68. The highest BCUT2D eigenvalue weighted by Gasteiger charge is 2.32. The zero-order valence-corrected chi connectivity index (χ0v) is 11.9. The fourth-order valence-corrected chi connectivity index (χ4v) is 3.74. The fraction of sp³-hybridized carbons (Fsp3) is 0.417. The highest BCUT2D eigenvalue weighted by Crippen LogP contribution is 2.33. The Kier molecular flexibility index (Phi) is 3.72. The van der Waals surface area contributed by atoms with Crippen molar-refractivity contribution in [3.8, 4) is 11.5 Å². The zero-order chi connectivity index (χ0) is 13.2.